The number of rotatable bonds is 19. The Morgan fingerprint density at radius 3 is 2.38 bits per heavy atom. The molecule has 0 saturated heterocycles. The summed E-state index contributed by atoms with van der Waals surface area (Å²) in [6, 6.07) is 17.2. The van der Waals surface area contributed by atoms with Gasteiger partial charge < -0.3 is 34.0 Å². The number of carbonyl (C=O) groups excluding carboxylic acids is 1. The lowest BCUT2D eigenvalue weighted by Crippen LogP contribution is -2.70. The van der Waals surface area contributed by atoms with E-state index in [9.17, 15) is 19.4 Å². The number of hydrogen-bond acceptors (Lipinski definition) is 9. The number of ether oxygens (including phenoxy) is 4. The van der Waals surface area contributed by atoms with E-state index in [0.717, 1.165) is 48.1 Å². The maximum absolute atomic E-state index is 14.3. The molecule has 10 nitrogen and oxygen atoms in total. The first-order valence-electron chi connectivity index (χ1n) is 20.8. The first kappa shape index (κ1) is 42.9. The first-order valence-corrected chi connectivity index (χ1v) is 20.8. The second-order valence-corrected chi connectivity index (χ2v) is 15.5. The number of fused-ring (bicyclic) bond motifs is 2. The highest BCUT2D eigenvalue weighted by atomic mass is 19.1. The van der Waals surface area contributed by atoms with E-state index in [1.807, 2.05) is 37.3 Å². The average molecular weight is 799 g/mol. The molecule has 6 atom stereocenters. The van der Waals surface area contributed by atoms with Crippen LogP contribution in [0, 0.1) is 37.4 Å². The number of benzene rings is 3. The number of halogens is 1. The first-order chi connectivity index (χ1) is 28.2. The third-order valence-corrected chi connectivity index (χ3v) is 11.8. The molecule has 3 aliphatic rings. The van der Waals surface area contributed by atoms with Crippen molar-refractivity contribution in [1.82, 2.24) is 4.90 Å². The molecule has 3 aromatic rings. The molecular weight excluding hydrogens is 740 g/mol. The molecule has 1 saturated carbocycles. The normalized spacial score (nSPS) is 23.9. The molecule has 2 N–H and O–H groups in total. The molecule has 0 bridgehead atoms. The van der Waals surface area contributed by atoms with Gasteiger partial charge in [-0.15, -0.1) is 6.58 Å². The number of aryl methyl sites for hydroxylation is 2. The summed E-state index contributed by atoms with van der Waals surface area (Å²) in [6.45, 7) is 12.7. The topological polar surface area (TPSA) is 119 Å². The van der Waals surface area contributed by atoms with E-state index < -0.39 is 23.8 Å². The van der Waals surface area contributed by atoms with E-state index >= 15 is 0 Å². The molecule has 1 heterocycles. The number of aliphatic hydroxyl groups excluding tert-OH is 2. The molecule has 312 valence electrons. The summed E-state index contributed by atoms with van der Waals surface area (Å²) in [5.41, 5.74) is 5.57. The van der Waals surface area contributed by atoms with Gasteiger partial charge in [0.1, 0.15) is 35.7 Å². The van der Waals surface area contributed by atoms with Crippen molar-refractivity contribution in [2.75, 3.05) is 33.0 Å². The standard InChI is InChI=1S/C47H59FN2O8/c1-6-25-55-47-43(50(46(53)54-7-2)30-33-16-18-35(48)19-17-33)29-41(49-56-8-3)39-27-34(13-9-11-23-51)38(14-10-12-24-52)44(45(39)47)40-28-37(21-22-42(40)58-47)57-36-20-15-31(4)32(5)26-36/h6,15-22,26-28,34,38,43-45,51-52H,1,7-14,23-25,29-30H2,2-5H3. The lowest BCUT2D eigenvalue weighted by atomic mass is 9.55. The Labute approximate surface area is 342 Å². The van der Waals surface area contributed by atoms with Crippen molar-refractivity contribution in [1.29, 1.82) is 0 Å². The molecule has 1 amide bonds. The van der Waals surface area contributed by atoms with E-state index in [2.05, 4.69) is 32.6 Å². The van der Waals surface area contributed by atoms with Gasteiger partial charge in [0.2, 0.25) is 5.79 Å². The Morgan fingerprint density at radius 1 is 0.966 bits per heavy atom. The lowest BCUT2D eigenvalue weighted by Gasteiger charge is -2.59. The van der Waals surface area contributed by atoms with Gasteiger partial charge >= 0.3 is 6.09 Å². The molecule has 58 heavy (non-hydrogen) atoms. The number of allylic oxidation sites excluding steroid dienone is 1. The SMILES string of the molecule is C=CCOC12Oc3ccc(Oc4ccc(C)c(C)c4)cc3C3C(CCCCO)C(CCCCO)C=C(C(=NOCC)CC1N(Cc1ccc(F)cc1)C(=O)OCC)C32. The molecule has 1 fully saturated rings. The Balaban J connectivity index is 1.60. The van der Waals surface area contributed by atoms with Crippen molar-refractivity contribution in [3.05, 3.63) is 113 Å². The predicted molar refractivity (Wildman–Crippen MR) is 222 cm³/mol. The summed E-state index contributed by atoms with van der Waals surface area (Å²) in [7, 11) is 0. The summed E-state index contributed by atoms with van der Waals surface area (Å²) in [5.74, 6) is -0.431. The molecule has 11 heteroatoms. The van der Waals surface area contributed by atoms with Crippen LogP contribution in [0.1, 0.15) is 87.0 Å². The van der Waals surface area contributed by atoms with Crippen molar-refractivity contribution in [3.8, 4) is 17.2 Å². The Bertz CT molecular complexity index is 1930. The van der Waals surface area contributed by atoms with E-state index in [1.165, 1.54) is 17.7 Å². The van der Waals surface area contributed by atoms with Crippen LogP contribution in [0.2, 0.25) is 0 Å². The van der Waals surface area contributed by atoms with Crippen LogP contribution in [0.25, 0.3) is 0 Å². The summed E-state index contributed by atoms with van der Waals surface area (Å²) in [5, 5.41) is 24.5. The van der Waals surface area contributed by atoms with Gasteiger partial charge in [0.25, 0.3) is 0 Å². The Hall–Kier alpha value is -4.71. The average Bonchev–Trinajstić information content (AvgIpc) is 3.22. The number of aliphatic hydroxyl groups is 2. The number of oxime groups is 1. The van der Waals surface area contributed by atoms with Gasteiger partial charge in [-0.1, -0.05) is 48.3 Å². The van der Waals surface area contributed by atoms with Crippen LogP contribution in [0.5, 0.6) is 17.2 Å². The number of nitrogens with zero attached hydrogens (tertiary/aromatic N) is 2. The summed E-state index contributed by atoms with van der Waals surface area (Å²) in [6.07, 6.45) is 8.22. The number of hydrogen-bond donors (Lipinski definition) is 2. The van der Waals surface area contributed by atoms with Gasteiger partial charge in [0.15, 0.2) is 0 Å². The monoisotopic (exact) mass is 798 g/mol. The maximum Gasteiger partial charge on any atom is 0.410 e. The van der Waals surface area contributed by atoms with Crippen LogP contribution >= 0.6 is 0 Å². The van der Waals surface area contributed by atoms with Gasteiger partial charge in [0.05, 0.1) is 24.8 Å². The number of amides is 1. The molecule has 0 radical (unpaired) electrons. The summed E-state index contributed by atoms with van der Waals surface area (Å²) in [4.78, 5) is 21.7. The van der Waals surface area contributed by atoms with Crippen molar-refractivity contribution >= 4 is 11.8 Å². The Kier molecular flexibility index (Phi) is 14.7. The molecule has 2 aliphatic carbocycles. The molecule has 1 aliphatic heterocycles. The fourth-order valence-electron chi connectivity index (χ4n) is 9.06. The zero-order valence-electron chi connectivity index (χ0n) is 34.3. The quantitative estimate of drug-likeness (QED) is 0.0700. The summed E-state index contributed by atoms with van der Waals surface area (Å²) < 4.78 is 40.7. The van der Waals surface area contributed by atoms with Crippen LogP contribution in [0.15, 0.2) is 90.1 Å². The van der Waals surface area contributed by atoms with E-state index in [-0.39, 0.29) is 63.0 Å². The van der Waals surface area contributed by atoms with Crippen molar-refractivity contribution in [2.24, 2.45) is 22.9 Å². The van der Waals surface area contributed by atoms with Gasteiger partial charge in [-0.05, 0) is 130 Å². The third kappa shape index (κ3) is 9.27. The zero-order chi connectivity index (χ0) is 41.2. The fraction of sp³-hybridized carbons (Fsp3) is 0.489. The number of unbranched alkanes of at least 4 members (excludes halogenated alkanes) is 2. The third-order valence-electron chi connectivity index (χ3n) is 11.8. The molecule has 6 unspecified atom stereocenters. The van der Waals surface area contributed by atoms with Gasteiger partial charge in [-0.3, -0.25) is 4.90 Å². The highest BCUT2D eigenvalue weighted by Crippen LogP contribution is 2.62. The van der Waals surface area contributed by atoms with Crippen molar-refractivity contribution in [3.63, 3.8) is 0 Å². The molecule has 3 aromatic carbocycles. The van der Waals surface area contributed by atoms with E-state index in [1.54, 1.807) is 30.0 Å². The van der Waals surface area contributed by atoms with E-state index in [4.69, 9.17) is 28.9 Å². The molecular formula is C47H59FN2O8. The van der Waals surface area contributed by atoms with E-state index in [0.29, 0.717) is 42.2 Å². The highest BCUT2D eigenvalue weighted by molar-refractivity contribution is 6.03. The van der Waals surface area contributed by atoms with Gasteiger partial charge in [-0.2, -0.15) is 0 Å². The molecule has 6 rings (SSSR count). The minimum absolute atomic E-state index is 0.0467. The summed E-state index contributed by atoms with van der Waals surface area (Å²) >= 11 is 0. The smallest absolute Gasteiger partial charge is 0.410 e. The van der Waals surface area contributed by atoms with Gasteiger partial charge in [-0.25, -0.2) is 9.18 Å². The molecule has 0 spiro atoms. The van der Waals surface area contributed by atoms with Crippen LogP contribution in [0.4, 0.5) is 9.18 Å². The Morgan fingerprint density at radius 2 is 1.69 bits per heavy atom. The largest absolute Gasteiger partial charge is 0.459 e. The fourth-order valence-corrected chi connectivity index (χ4v) is 9.06. The highest BCUT2D eigenvalue weighted by Gasteiger charge is 2.65. The van der Waals surface area contributed by atoms with Crippen LogP contribution < -0.4 is 9.47 Å². The van der Waals surface area contributed by atoms with Crippen molar-refractivity contribution in [2.45, 2.75) is 96.9 Å². The van der Waals surface area contributed by atoms with Gasteiger partial charge in [0, 0.05) is 37.7 Å². The second kappa shape index (κ2) is 19.8. The lowest BCUT2D eigenvalue weighted by molar-refractivity contribution is -0.256. The second-order valence-electron chi connectivity index (χ2n) is 15.5. The number of carbonyl (C=O) groups is 1. The van der Waals surface area contributed by atoms with Crippen LogP contribution in [0.3, 0.4) is 0 Å². The van der Waals surface area contributed by atoms with Crippen LogP contribution in [-0.2, 0) is 20.9 Å². The zero-order valence-corrected chi connectivity index (χ0v) is 34.3. The van der Waals surface area contributed by atoms with Crippen molar-refractivity contribution < 1.29 is 43.2 Å². The minimum atomic E-state index is -1.46. The minimum Gasteiger partial charge on any atom is -0.459 e. The molecule has 0 aromatic heterocycles. The predicted octanol–water partition coefficient (Wildman–Crippen LogP) is 9.55. The van der Waals surface area contributed by atoms with Crippen LogP contribution in [-0.4, -0.2) is 71.8 Å². The maximum atomic E-state index is 14.3.